The number of hydrogen-bond acceptors (Lipinski definition) is 7. The van der Waals surface area contributed by atoms with E-state index in [9.17, 15) is 4.79 Å². The zero-order valence-corrected chi connectivity index (χ0v) is 13.9. The van der Waals surface area contributed by atoms with Crippen LogP contribution in [0.4, 0.5) is 21.2 Å². The Bertz CT molecular complexity index is 851. The number of carbonyl (C=O) groups is 1. The molecule has 2 N–H and O–H groups in total. The van der Waals surface area contributed by atoms with Crippen LogP contribution in [0.15, 0.2) is 42.9 Å². The van der Waals surface area contributed by atoms with Crippen LogP contribution in [0.3, 0.4) is 0 Å². The van der Waals surface area contributed by atoms with Crippen LogP contribution in [0.1, 0.15) is 10.7 Å². The highest BCUT2D eigenvalue weighted by Crippen LogP contribution is 2.33. The van der Waals surface area contributed by atoms with Gasteiger partial charge in [-0.25, -0.2) is 9.78 Å². The molecule has 0 spiro atoms. The molecule has 0 aliphatic carbocycles. The van der Waals surface area contributed by atoms with Gasteiger partial charge in [-0.2, -0.15) is 0 Å². The molecule has 0 atom stereocenters. The van der Waals surface area contributed by atoms with Gasteiger partial charge in [0.15, 0.2) is 5.00 Å². The summed E-state index contributed by atoms with van der Waals surface area (Å²) >= 11 is 1.39. The van der Waals surface area contributed by atoms with Crippen molar-refractivity contribution >= 4 is 33.8 Å². The monoisotopic (exact) mass is 341 g/mol. The summed E-state index contributed by atoms with van der Waals surface area (Å²) in [5.41, 5.74) is 2.20. The van der Waals surface area contributed by atoms with Crippen LogP contribution in [0.2, 0.25) is 0 Å². The van der Waals surface area contributed by atoms with Crippen molar-refractivity contribution in [3.8, 4) is 5.88 Å². The number of amides is 1. The normalized spacial score (nSPS) is 10.2. The van der Waals surface area contributed by atoms with Gasteiger partial charge in [0.05, 0.1) is 16.9 Å². The molecule has 0 aromatic carbocycles. The highest BCUT2D eigenvalue weighted by atomic mass is 32.1. The maximum Gasteiger partial charge on any atom is 0.418 e. The van der Waals surface area contributed by atoms with Crippen LogP contribution in [-0.2, 0) is 0 Å². The molecule has 1 amide bonds. The van der Waals surface area contributed by atoms with Crippen molar-refractivity contribution in [2.45, 2.75) is 13.8 Å². The standard InChI is InChI=1S/C16H15N5O2S/c1-10-8-12(5-7-18-10)21-16(22)23-14-15(24-11(2)19-14)20-13-4-3-6-17-9-13/h3-9,20H,1-2H3,(H,18,21,22). The van der Waals surface area contributed by atoms with Gasteiger partial charge in [-0.3, -0.25) is 15.3 Å². The first-order chi connectivity index (χ1) is 11.6. The number of thiazole rings is 1. The van der Waals surface area contributed by atoms with Gasteiger partial charge in [0.25, 0.3) is 5.88 Å². The average molecular weight is 341 g/mol. The third-order valence-electron chi connectivity index (χ3n) is 2.95. The van der Waals surface area contributed by atoms with Crippen molar-refractivity contribution < 1.29 is 9.53 Å². The van der Waals surface area contributed by atoms with E-state index in [2.05, 4.69) is 25.6 Å². The van der Waals surface area contributed by atoms with Crippen LogP contribution in [0, 0.1) is 13.8 Å². The van der Waals surface area contributed by atoms with Crippen molar-refractivity contribution in [3.63, 3.8) is 0 Å². The first kappa shape index (κ1) is 15.9. The van der Waals surface area contributed by atoms with Crippen LogP contribution in [0.5, 0.6) is 5.88 Å². The Kier molecular flexibility index (Phi) is 4.66. The van der Waals surface area contributed by atoms with Crippen LogP contribution >= 0.6 is 11.3 Å². The van der Waals surface area contributed by atoms with Gasteiger partial charge in [-0.05, 0) is 38.1 Å². The molecule has 3 rings (SSSR count). The number of nitrogens with zero attached hydrogens (tertiary/aromatic N) is 3. The van der Waals surface area contributed by atoms with Gasteiger partial charge in [0, 0.05) is 23.8 Å². The summed E-state index contributed by atoms with van der Waals surface area (Å²) in [4.78, 5) is 24.4. The number of pyridine rings is 2. The summed E-state index contributed by atoms with van der Waals surface area (Å²) in [6, 6.07) is 7.12. The summed E-state index contributed by atoms with van der Waals surface area (Å²) in [6.45, 7) is 3.69. The largest absolute Gasteiger partial charge is 0.418 e. The first-order valence-electron chi connectivity index (χ1n) is 7.16. The zero-order valence-electron chi connectivity index (χ0n) is 13.1. The molecule has 7 nitrogen and oxygen atoms in total. The predicted octanol–water partition coefficient (Wildman–Crippen LogP) is 3.90. The Hall–Kier alpha value is -3.00. The fourth-order valence-corrected chi connectivity index (χ4v) is 2.75. The van der Waals surface area contributed by atoms with Crippen molar-refractivity contribution in [2.75, 3.05) is 10.6 Å². The summed E-state index contributed by atoms with van der Waals surface area (Å²) in [7, 11) is 0. The average Bonchev–Trinajstić information content (AvgIpc) is 2.87. The van der Waals surface area contributed by atoms with E-state index in [1.54, 1.807) is 30.7 Å². The molecule has 3 aromatic rings. The minimum absolute atomic E-state index is 0.227. The molecule has 24 heavy (non-hydrogen) atoms. The second-order valence-corrected chi connectivity index (χ2v) is 6.14. The van der Waals surface area contributed by atoms with E-state index >= 15 is 0 Å². The molecule has 8 heteroatoms. The van der Waals surface area contributed by atoms with Crippen molar-refractivity contribution in [1.29, 1.82) is 0 Å². The third-order valence-corrected chi connectivity index (χ3v) is 3.82. The number of carbonyl (C=O) groups excluding carboxylic acids is 1. The van der Waals surface area contributed by atoms with Crippen LogP contribution in [0.25, 0.3) is 0 Å². The number of aryl methyl sites for hydroxylation is 2. The SMILES string of the molecule is Cc1cc(NC(=O)Oc2nc(C)sc2Nc2cccnc2)ccn1. The van der Waals surface area contributed by atoms with E-state index in [1.165, 1.54) is 11.3 Å². The zero-order chi connectivity index (χ0) is 16.9. The molecular weight excluding hydrogens is 326 g/mol. The van der Waals surface area contributed by atoms with E-state index in [0.29, 0.717) is 10.7 Å². The molecule has 0 unspecified atom stereocenters. The van der Waals surface area contributed by atoms with Gasteiger partial charge in [0.1, 0.15) is 0 Å². The van der Waals surface area contributed by atoms with Gasteiger partial charge in [-0.1, -0.05) is 11.3 Å². The van der Waals surface area contributed by atoms with Crippen LogP contribution < -0.4 is 15.4 Å². The smallest absolute Gasteiger partial charge is 0.388 e. The molecular formula is C16H15N5O2S. The minimum Gasteiger partial charge on any atom is -0.388 e. The molecule has 0 bridgehead atoms. The maximum absolute atomic E-state index is 12.1. The summed E-state index contributed by atoms with van der Waals surface area (Å²) in [5, 5.41) is 7.23. The minimum atomic E-state index is -0.611. The van der Waals surface area contributed by atoms with Crippen LogP contribution in [-0.4, -0.2) is 21.0 Å². The van der Waals surface area contributed by atoms with E-state index < -0.39 is 6.09 Å². The fourth-order valence-electron chi connectivity index (χ4n) is 1.98. The molecule has 0 saturated heterocycles. The molecule has 0 aliphatic heterocycles. The lowest BCUT2D eigenvalue weighted by molar-refractivity contribution is 0.214. The third kappa shape index (κ3) is 4.05. The number of rotatable bonds is 4. The lowest BCUT2D eigenvalue weighted by atomic mass is 10.3. The highest BCUT2D eigenvalue weighted by molar-refractivity contribution is 7.16. The fraction of sp³-hybridized carbons (Fsp3) is 0.125. The molecule has 0 aliphatic rings. The molecule has 122 valence electrons. The van der Waals surface area contributed by atoms with E-state index in [0.717, 1.165) is 16.4 Å². The first-order valence-corrected chi connectivity index (χ1v) is 7.98. The van der Waals surface area contributed by atoms with E-state index in [1.807, 2.05) is 26.0 Å². The van der Waals surface area contributed by atoms with Crippen molar-refractivity contribution in [2.24, 2.45) is 0 Å². The van der Waals surface area contributed by atoms with E-state index in [-0.39, 0.29) is 5.88 Å². The quantitative estimate of drug-likeness (QED) is 0.748. The Balaban J connectivity index is 1.71. The summed E-state index contributed by atoms with van der Waals surface area (Å²) in [5.74, 6) is 0.227. The lowest BCUT2D eigenvalue weighted by Crippen LogP contribution is -2.17. The van der Waals surface area contributed by atoms with Crippen molar-refractivity contribution in [3.05, 3.63) is 53.6 Å². The molecule has 0 radical (unpaired) electrons. The number of hydrogen-bond donors (Lipinski definition) is 2. The maximum atomic E-state index is 12.1. The predicted molar refractivity (Wildman–Crippen MR) is 93.0 cm³/mol. The Morgan fingerprint density at radius 2 is 2.08 bits per heavy atom. The number of ether oxygens (including phenoxy) is 1. The Morgan fingerprint density at radius 3 is 2.83 bits per heavy atom. The van der Waals surface area contributed by atoms with Crippen molar-refractivity contribution in [1.82, 2.24) is 15.0 Å². The molecule has 0 saturated carbocycles. The van der Waals surface area contributed by atoms with Gasteiger partial charge in [0.2, 0.25) is 0 Å². The number of aromatic nitrogens is 3. The topological polar surface area (TPSA) is 89.0 Å². The lowest BCUT2D eigenvalue weighted by Gasteiger charge is -2.07. The Morgan fingerprint density at radius 1 is 1.21 bits per heavy atom. The second kappa shape index (κ2) is 7.05. The second-order valence-electron chi connectivity index (χ2n) is 4.93. The molecule has 3 aromatic heterocycles. The molecule has 3 heterocycles. The van der Waals surface area contributed by atoms with Gasteiger partial charge in [-0.15, -0.1) is 0 Å². The number of nitrogens with one attached hydrogen (secondary N) is 2. The number of anilines is 3. The van der Waals surface area contributed by atoms with Gasteiger partial charge < -0.3 is 10.1 Å². The summed E-state index contributed by atoms with van der Waals surface area (Å²) in [6.07, 6.45) is 4.37. The molecule has 0 fully saturated rings. The Labute approximate surface area is 142 Å². The van der Waals surface area contributed by atoms with E-state index in [4.69, 9.17) is 4.74 Å². The van der Waals surface area contributed by atoms with Gasteiger partial charge >= 0.3 is 6.09 Å². The summed E-state index contributed by atoms with van der Waals surface area (Å²) < 4.78 is 5.33. The highest BCUT2D eigenvalue weighted by Gasteiger charge is 2.15.